The molecule has 0 bridgehead atoms. The SMILES string of the molecule is Cn1cc([C@H]2C[C@@H]2C(=O)N2CCCN(c3ccccc3C#N)CC2)cn1. The summed E-state index contributed by atoms with van der Waals surface area (Å²) in [5.74, 6) is 0.710. The first-order valence-electron chi connectivity index (χ1n) is 9.19. The van der Waals surface area contributed by atoms with Gasteiger partial charge in [0.25, 0.3) is 0 Å². The lowest BCUT2D eigenvalue weighted by Gasteiger charge is -2.24. The van der Waals surface area contributed by atoms with Gasteiger partial charge in [-0.1, -0.05) is 12.1 Å². The van der Waals surface area contributed by atoms with Crippen LogP contribution in [0, 0.1) is 17.2 Å². The third-order valence-electron chi connectivity index (χ3n) is 5.43. The van der Waals surface area contributed by atoms with Crippen molar-refractivity contribution in [1.82, 2.24) is 14.7 Å². The number of nitrogens with zero attached hydrogens (tertiary/aromatic N) is 5. The summed E-state index contributed by atoms with van der Waals surface area (Å²) in [6.07, 6.45) is 5.75. The van der Waals surface area contributed by atoms with Gasteiger partial charge in [0.2, 0.25) is 5.91 Å². The fourth-order valence-corrected chi connectivity index (χ4v) is 3.93. The molecule has 134 valence electrons. The number of hydrogen-bond donors (Lipinski definition) is 0. The molecule has 1 aromatic carbocycles. The Labute approximate surface area is 153 Å². The van der Waals surface area contributed by atoms with E-state index in [0.29, 0.717) is 11.5 Å². The minimum absolute atomic E-state index is 0.108. The Kier molecular flexibility index (Phi) is 4.37. The Bertz CT molecular complexity index is 852. The highest BCUT2D eigenvalue weighted by Crippen LogP contribution is 2.48. The van der Waals surface area contributed by atoms with Crippen LogP contribution >= 0.6 is 0 Å². The van der Waals surface area contributed by atoms with Crippen molar-refractivity contribution in [3.8, 4) is 6.07 Å². The molecule has 2 aliphatic rings. The number of para-hydroxylation sites is 1. The Morgan fingerprint density at radius 1 is 1.23 bits per heavy atom. The zero-order valence-electron chi connectivity index (χ0n) is 15.0. The summed E-state index contributed by atoms with van der Waals surface area (Å²) in [7, 11) is 1.91. The first-order chi connectivity index (χ1) is 12.7. The maximum atomic E-state index is 12.9. The van der Waals surface area contributed by atoms with Crippen molar-refractivity contribution >= 4 is 11.6 Å². The maximum Gasteiger partial charge on any atom is 0.226 e. The lowest BCUT2D eigenvalue weighted by molar-refractivity contribution is -0.132. The molecule has 0 unspecified atom stereocenters. The molecule has 1 aromatic heterocycles. The number of aromatic nitrogens is 2. The molecule has 1 aliphatic heterocycles. The zero-order chi connectivity index (χ0) is 18.1. The minimum Gasteiger partial charge on any atom is -0.369 e. The molecule has 6 heteroatoms. The fraction of sp³-hybridized carbons (Fsp3) is 0.450. The van der Waals surface area contributed by atoms with Gasteiger partial charge in [0.15, 0.2) is 0 Å². The van der Waals surface area contributed by atoms with Crippen LogP contribution in [0.4, 0.5) is 5.69 Å². The van der Waals surface area contributed by atoms with Gasteiger partial charge in [-0.15, -0.1) is 0 Å². The minimum atomic E-state index is 0.108. The molecule has 1 saturated carbocycles. The highest BCUT2D eigenvalue weighted by Gasteiger charge is 2.46. The second-order valence-electron chi connectivity index (χ2n) is 7.19. The summed E-state index contributed by atoms with van der Waals surface area (Å²) in [6.45, 7) is 3.16. The van der Waals surface area contributed by atoms with E-state index in [1.807, 2.05) is 48.6 Å². The third kappa shape index (κ3) is 3.17. The number of nitriles is 1. The Morgan fingerprint density at radius 3 is 2.85 bits per heavy atom. The molecule has 2 heterocycles. The van der Waals surface area contributed by atoms with Gasteiger partial charge in [-0.25, -0.2) is 0 Å². The lowest BCUT2D eigenvalue weighted by atomic mass is 10.1. The normalized spacial score (nSPS) is 22.6. The first kappa shape index (κ1) is 16.6. The predicted molar refractivity (Wildman–Crippen MR) is 98.6 cm³/mol. The topological polar surface area (TPSA) is 65.2 Å². The van der Waals surface area contributed by atoms with Crippen LogP contribution < -0.4 is 4.90 Å². The zero-order valence-corrected chi connectivity index (χ0v) is 15.0. The van der Waals surface area contributed by atoms with E-state index in [0.717, 1.165) is 44.7 Å². The van der Waals surface area contributed by atoms with Crippen molar-refractivity contribution in [3.63, 3.8) is 0 Å². The predicted octanol–water partition coefficient (Wildman–Crippen LogP) is 2.13. The molecule has 4 rings (SSSR count). The standard InChI is InChI=1S/C20H23N5O/c1-23-14-16(13-22-23)17-11-18(17)20(26)25-8-4-7-24(9-10-25)19-6-3-2-5-15(19)12-21/h2-3,5-6,13-14,17-18H,4,7-11H2,1H3/t17-,18+/m1/s1. The fourth-order valence-electron chi connectivity index (χ4n) is 3.93. The van der Waals surface area contributed by atoms with Gasteiger partial charge in [0.1, 0.15) is 6.07 Å². The van der Waals surface area contributed by atoms with E-state index >= 15 is 0 Å². The van der Waals surface area contributed by atoms with E-state index in [9.17, 15) is 10.1 Å². The number of amides is 1. The molecule has 2 aromatic rings. The van der Waals surface area contributed by atoms with Crippen molar-refractivity contribution in [2.75, 3.05) is 31.1 Å². The molecule has 2 fully saturated rings. The van der Waals surface area contributed by atoms with Crippen LogP contribution in [0.3, 0.4) is 0 Å². The second kappa shape index (κ2) is 6.83. The van der Waals surface area contributed by atoms with Crippen LogP contribution in [0.2, 0.25) is 0 Å². The smallest absolute Gasteiger partial charge is 0.226 e. The summed E-state index contributed by atoms with van der Waals surface area (Å²) in [4.78, 5) is 17.1. The Hall–Kier alpha value is -2.81. The maximum absolute atomic E-state index is 12.9. The van der Waals surface area contributed by atoms with Crippen LogP contribution in [-0.4, -0.2) is 46.8 Å². The summed E-state index contributed by atoms with van der Waals surface area (Å²) in [5.41, 5.74) is 2.85. The molecule has 6 nitrogen and oxygen atoms in total. The molecule has 0 radical (unpaired) electrons. The van der Waals surface area contributed by atoms with Gasteiger partial charge in [-0.2, -0.15) is 10.4 Å². The molecule has 26 heavy (non-hydrogen) atoms. The number of hydrogen-bond acceptors (Lipinski definition) is 4. The van der Waals surface area contributed by atoms with Gasteiger partial charge in [0, 0.05) is 45.3 Å². The summed E-state index contributed by atoms with van der Waals surface area (Å²) >= 11 is 0. The van der Waals surface area contributed by atoms with E-state index in [-0.39, 0.29) is 11.8 Å². The van der Waals surface area contributed by atoms with Crippen molar-refractivity contribution in [1.29, 1.82) is 5.26 Å². The van der Waals surface area contributed by atoms with Gasteiger partial charge in [-0.05, 0) is 36.5 Å². The number of anilines is 1. The van der Waals surface area contributed by atoms with Crippen molar-refractivity contribution < 1.29 is 4.79 Å². The number of carbonyl (C=O) groups excluding carboxylic acids is 1. The molecule has 2 atom stereocenters. The second-order valence-corrected chi connectivity index (χ2v) is 7.19. The van der Waals surface area contributed by atoms with Crippen molar-refractivity contribution in [2.45, 2.75) is 18.8 Å². The van der Waals surface area contributed by atoms with E-state index in [1.165, 1.54) is 5.56 Å². The van der Waals surface area contributed by atoms with Gasteiger partial charge in [0.05, 0.1) is 17.4 Å². The van der Waals surface area contributed by atoms with E-state index in [4.69, 9.17) is 0 Å². The van der Waals surface area contributed by atoms with E-state index in [1.54, 1.807) is 4.68 Å². The quantitative estimate of drug-likeness (QED) is 0.851. The molecule has 1 amide bonds. The number of carbonyl (C=O) groups is 1. The monoisotopic (exact) mass is 349 g/mol. The van der Waals surface area contributed by atoms with E-state index < -0.39 is 0 Å². The van der Waals surface area contributed by atoms with Crippen LogP contribution in [0.15, 0.2) is 36.7 Å². The third-order valence-corrected chi connectivity index (χ3v) is 5.43. The molecule has 0 N–H and O–H groups in total. The number of aryl methyl sites for hydroxylation is 1. The number of rotatable bonds is 3. The average Bonchev–Trinajstić information content (AvgIpc) is 3.40. The van der Waals surface area contributed by atoms with Crippen molar-refractivity contribution in [3.05, 3.63) is 47.8 Å². The molecule has 0 spiro atoms. The summed E-state index contributed by atoms with van der Waals surface area (Å²) in [5, 5.41) is 13.5. The van der Waals surface area contributed by atoms with Gasteiger partial charge in [-0.3, -0.25) is 9.48 Å². The van der Waals surface area contributed by atoms with Crippen LogP contribution in [-0.2, 0) is 11.8 Å². The van der Waals surface area contributed by atoms with Gasteiger partial charge >= 0.3 is 0 Å². The van der Waals surface area contributed by atoms with Gasteiger partial charge < -0.3 is 9.80 Å². The Balaban J connectivity index is 1.40. The van der Waals surface area contributed by atoms with Crippen LogP contribution in [0.5, 0.6) is 0 Å². The molecule has 1 aliphatic carbocycles. The van der Waals surface area contributed by atoms with Crippen LogP contribution in [0.1, 0.15) is 29.9 Å². The summed E-state index contributed by atoms with van der Waals surface area (Å²) < 4.78 is 1.80. The van der Waals surface area contributed by atoms with Crippen LogP contribution in [0.25, 0.3) is 0 Å². The molecular weight excluding hydrogens is 326 g/mol. The number of benzene rings is 1. The van der Waals surface area contributed by atoms with Crippen molar-refractivity contribution in [2.24, 2.45) is 13.0 Å². The molecule has 1 saturated heterocycles. The lowest BCUT2D eigenvalue weighted by Crippen LogP contribution is -2.36. The highest BCUT2D eigenvalue weighted by atomic mass is 16.2. The molecular formula is C20H23N5O. The highest BCUT2D eigenvalue weighted by molar-refractivity contribution is 5.83. The largest absolute Gasteiger partial charge is 0.369 e. The first-order valence-corrected chi connectivity index (χ1v) is 9.19. The summed E-state index contributed by atoms with van der Waals surface area (Å²) in [6, 6.07) is 9.97. The van der Waals surface area contributed by atoms with E-state index in [2.05, 4.69) is 16.1 Å². The average molecular weight is 349 g/mol. The Morgan fingerprint density at radius 2 is 2.08 bits per heavy atom.